The first-order valence-corrected chi connectivity index (χ1v) is 12.4. The fourth-order valence-corrected chi connectivity index (χ4v) is 3.07. The minimum atomic E-state index is -0.107. The molecule has 0 aliphatic carbocycles. The van der Waals surface area contributed by atoms with Gasteiger partial charge in [-0.15, -0.1) is 0 Å². The first-order valence-electron chi connectivity index (χ1n) is 12.4. The van der Waals surface area contributed by atoms with Gasteiger partial charge in [0, 0.05) is 26.2 Å². The zero-order valence-corrected chi connectivity index (χ0v) is 21.3. The summed E-state index contributed by atoms with van der Waals surface area (Å²) in [6, 6.07) is -0.107. The molecule has 30 heavy (non-hydrogen) atoms. The summed E-state index contributed by atoms with van der Waals surface area (Å²) in [5.74, 6) is 0.0776. The zero-order valence-electron chi connectivity index (χ0n) is 21.3. The highest BCUT2D eigenvalue weighted by Gasteiger charge is 2.08. The first-order chi connectivity index (χ1) is 14.4. The number of carbonyl (C=O) groups is 1. The van der Waals surface area contributed by atoms with Gasteiger partial charge in [0.15, 0.2) is 0 Å². The van der Waals surface area contributed by atoms with Crippen molar-refractivity contribution in [3.63, 3.8) is 0 Å². The van der Waals surface area contributed by atoms with Gasteiger partial charge < -0.3 is 26.2 Å². The standard InChI is InChI=1S/C14H31N3O.C10H24N2/c1-5-6-7-8-9-11-17(4)12-10-16-14(18)13(2)15-3;1-3-4-5-6-7-9-12(2)10-8-11/h13,15H,5-12H2,1-4H3,(H,16,18);3-11H2,1-2H3/t13-;/m0./s1. The SMILES string of the molecule is CCCCCCCN(C)CCN.CCCCCCCN(C)CCNC(=O)[C@H](C)NC. The Kier molecular flexibility index (Phi) is 25.8. The van der Waals surface area contributed by atoms with Crippen molar-refractivity contribution in [3.05, 3.63) is 0 Å². The molecule has 4 N–H and O–H groups in total. The predicted octanol–water partition coefficient (Wildman–Crippen LogP) is 3.46. The smallest absolute Gasteiger partial charge is 0.236 e. The summed E-state index contributed by atoms with van der Waals surface area (Å²) < 4.78 is 0. The van der Waals surface area contributed by atoms with E-state index in [0.717, 1.165) is 32.7 Å². The quantitative estimate of drug-likeness (QED) is 0.274. The molecule has 0 radical (unpaired) electrons. The van der Waals surface area contributed by atoms with Crippen molar-refractivity contribution in [3.8, 4) is 0 Å². The van der Waals surface area contributed by atoms with Crippen LogP contribution in [0.25, 0.3) is 0 Å². The minimum absolute atomic E-state index is 0.0776. The first kappa shape index (κ1) is 31.5. The molecule has 0 saturated heterocycles. The number of amides is 1. The van der Waals surface area contributed by atoms with Gasteiger partial charge in [0.25, 0.3) is 0 Å². The maximum absolute atomic E-state index is 11.5. The van der Waals surface area contributed by atoms with E-state index in [-0.39, 0.29) is 11.9 Å². The highest BCUT2D eigenvalue weighted by molar-refractivity contribution is 5.81. The van der Waals surface area contributed by atoms with E-state index in [0.29, 0.717) is 0 Å². The van der Waals surface area contributed by atoms with Crippen molar-refractivity contribution in [1.82, 2.24) is 20.4 Å². The molecule has 182 valence electrons. The summed E-state index contributed by atoms with van der Waals surface area (Å²) >= 11 is 0. The Morgan fingerprint density at radius 2 is 1.27 bits per heavy atom. The van der Waals surface area contributed by atoms with Crippen molar-refractivity contribution in [2.45, 2.75) is 91.0 Å². The lowest BCUT2D eigenvalue weighted by Gasteiger charge is -2.17. The van der Waals surface area contributed by atoms with Gasteiger partial charge in [-0.1, -0.05) is 65.2 Å². The normalized spacial score (nSPS) is 12.0. The largest absolute Gasteiger partial charge is 0.353 e. The Hall–Kier alpha value is -0.690. The lowest BCUT2D eigenvalue weighted by atomic mass is 10.1. The molecule has 0 aliphatic rings. The van der Waals surface area contributed by atoms with Crippen molar-refractivity contribution in [1.29, 1.82) is 0 Å². The van der Waals surface area contributed by atoms with Gasteiger partial charge in [-0.25, -0.2) is 0 Å². The number of unbranched alkanes of at least 4 members (excludes halogenated alkanes) is 8. The molecule has 0 aromatic carbocycles. The lowest BCUT2D eigenvalue weighted by molar-refractivity contribution is -0.122. The molecule has 0 spiro atoms. The van der Waals surface area contributed by atoms with Crippen LogP contribution in [0.2, 0.25) is 0 Å². The molecule has 1 atom stereocenters. The van der Waals surface area contributed by atoms with Crippen LogP contribution in [0.15, 0.2) is 0 Å². The Morgan fingerprint density at radius 3 is 1.70 bits per heavy atom. The highest BCUT2D eigenvalue weighted by Crippen LogP contribution is 2.03. The Morgan fingerprint density at radius 1 is 0.800 bits per heavy atom. The van der Waals surface area contributed by atoms with Crippen LogP contribution < -0.4 is 16.4 Å². The Labute approximate surface area is 188 Å². The monoisotopic (exact) mass is 429 g/mol. The van der Waals surface area contributed by atoms with E-state index in [1.54, 1.807) is 7.05 Å². The Balaban J connectivity index is 0. The van der Waals surface area contributed by atoms with E-state index in [9.17, 15) is 4.79 Å². The summed E-state index contributed by atoms with van der Waals surface area (Å²) in [5.41, 5.74) is 5.44. The molecule has 0 bridgehead atoms. The second-order valence-electron chi connectivity index (χ2n) is 8.53. The van der Waals surface area contributed by atoms with Crippen LogP contribution in [0, 0.1) is 0 Å². The van der Waals surface area contributed by atoms with Gasteiger partial charge in [0.05, 0.1) is 6.04 Å². The van der Waals surface area contributed by atoms with E-state index >= 15 is 0 Å². The van der Waals surface area contributed by atoms with Crippen LogP contribution in [0.4, 0.5) is 0 Å². The van der Waals surface area contributed by atoms with Crippen molar-refractivity contribution < 1.29 is 4.79 Å². The van der Waals surface area contributed by atoms with Gasteiger partial charge >= 0.3 is 0 Å². The van der Waals surface area contributed by atoms with Gasteiger partial charge in [-0.05, 0) is 54.0 Å². The topological polar surface area (TPSA) is 73.6 Å². The number of nitrogens with zero attached hydrogens (tertiary/aromatic N) is 2. The Bertz CT molecular complexity index is 354. The maximum atomic E-state index is 11.5. The second-order valence-corrected chi connectivity index (χ2v) is 8.53. The number of carbonyl (C=O) groups excluding carboxylic acids is 1. The third-order valence-corrected chi connectivity index (χ3v) is 5.42. The van der Waals surface area contributed by atoms with Gasteiger partial charge in [0.2, 0.25) is 5.91 Å². The molecule has 0 heterocycles. The average Bonchev–Trinajstić information content (AvgIpc) is 2.73. The molecule has 0 fully saturated rings. The van der Waals surface area contributed by atoms with Crippen molar-refractivity contribution >= 4 is 5.91 Å². The van der Waals surface area contributed by atoms with E-state index in [1.165, 1.54) is 70.8 Å². The lowest BCUT2D eigenvalue weighted by Crippen LogP contribution is -2.43. The van der Waals surface area contributed by atoms with E-state index < -0.39 is 0 Å². The number of hydrogen-bond donors (Lipinski definition) is 3. The van der Waals surface area contributed by atoms with Gasteiger partial charge in [-0.2, -0.15) is 0 Å². The summed E-state index contributed by atoms with van der Waals surface area (Å²) in [6.45, 7) is 12.2. The molecular formula is C24H55N5O. The van der Waals surface area contributed by atoms with E-state index in [2.05, 4.69) is 48.4 Å². The van der Waals surface area contributed by atoms with Crippen LogP contribution in [-0.2, 0) is 4.79 Å². The number of likely N-dealkylation sites (N-methyl/N-ethyl adjacent to an activating group) is 3. The molecule has 0 unspecified atom stereocenters. The van der Waals surface area contributed by atoms with Crippen LogP contribution in [0.1, 0.15) is 85.0 Å². The van der Waals surface area contributed by atoms with E-state index in [1.807, 2.05) is 6.92 Å². The minimum Gasteiger partial charge on any atom is -0.353 e. The third-order valence-electron chi connectivity index (χ3n) is 5.42. The van der Waals surface area contributed by atoms with Gasteiger partial charge in [-0.3, -0.25) is 4.79 Å². The van der Waals surface area contributed by atoms with Crippen molar-refractivity contribution in [2.75, 3.05) is 60.4 Å². The molecule has 0 aromatic heterocycles. The van der Waals surface area contributed by atoms with E-state index in [4.69, 9.17) is 5.73 Å². The van der Waals surface area contributed by atoms with Crippen molar-refractivity contribution in [2.24, 2.45) is 5.73 Å². The van der Waals surface area contributed by atoms with Gasteiger partial charge in [0.1, 0.15) is 0 Å². The van der Waals surface area contributed by atoms with Crippen LogP contribution in [0.3, 0.4) is 0 Å². The van der Waals surface area contributed by atoms with Crippen LogP contribution in [0.5, 0.6) is 0 Å². The summed E-state index contributed by atoms with van der Waals surface area (Å²) in [5, 5.41) is 5.86. The zero-order chi connectivity index (χ0) is 23.0. The molecule has 6 heteroatoms. The molecule has 0 saturated carbocycles. The molecule has 6 nitrogen and oxygen atoms in total. The number of nitrogens with two attached hydrogens (primary N) is 1. The number of nitrogens with one attached hydrogen (secondary N) is 2. The summed E-state index contributed by atoms with van der Waals surface area (Å²) in [4.78, 5) is 16.1. The second kappa shape index (κ2) is 24.6. The maximum Gasteiger partial charge on any atom is 0.236 e. The van der Waals surface area contributed by atoms with Crippen LogP contribution >= 0.6 is 0 Å². The molecule has 0 aliphatic heterocycles. The molecule has 0 rings (SSSR count). The molecule has 0 aromatic rings. The third kappa shape index (κ3) is 23.6. The summed E-state index contributed by atoms with van der Waals surface area (Å²) in [7, 11) is 6.06. The average molecular weight is 430 g/mol. The molecule has 1 amide bonds. The fourth-order valence-electron chi connectivity index (χ4n) is 3.07. The molecular weight excluding hydrogens is 374 g/mol. The number of hydrogen-bond acceptors (Lipinski definition) is 5. The highest BCUT2D eigenvalue weighted by atomic mass is 16.2. The predicted molar refractivity (Wildman–Crippen MR) is 133 cm³/mol. The summed E-state index contributed by atoms with van der Waals surface area (Å²) in [6.07, 6.45) is 13.4. The number of rotatable bonds is 19. The van der Waals surface area contributed by atoms with Crippen LogP contribution in [-0.4, -0.2) is 82.2 Å². The fraction of sp³-hybridized carbons (Fsp3) is 0.958.